The van der Waals surface area contributed by atoms with Crippen LogP contribution >= 0.6 is 23.2 Å². The van der Waals surface area contributed by atoms with E-state index in [-0.39, 0.29) is 11.8 Å². The lowest BCUT2D eigenvalue weighted by molar-refractivity contribution is -0.125. The van der Waals surface area contributed by atoms with E-state index in [0.29, 0.717) is 28.8 Å². The Kier molecular flexibility index (Phi) is 5.13. The Hall–Kier alpha value is -2.38. The average Bonchev–Trinajstić information content (AvgIpc) is 3.17. The number of anilines is 1. The zero-order valence-corrected chi connectivity index (χ0v) is 16.0. The Morgan fingerprint density at radius 3 is 3.00 bits per heavy atom. The van der Waals surface area contributed by atoms with Gasteiger partial charge < -0.3 is 15.2 Å². The van der Waals surface area contributed by atoms with E-state index in [4.69, 9.17) is 23.2 Å². The van der Waals surface area contributed by atoms with Gasteiger partial charge in [-0.15, -0.1) is 0 Å². The van der Waals surface area contributed by atoms with Crippen LogP contribution in [0.4, 0.5) is 5.82 Å². The van der Waals surface area contributed by atoms with Crippen LogP contribution < -0.4 is 10.2 Å². The standard InChI is InChI=1S/C18H18Cl2N6O/c19-13-4-3-11(6-14(13)20)7-21-18(27)12-2-1-5-26(8-12)17-15-16(23-9-22-15)24-10-25-17/h3-4,6,9-10,12H,1-2,5,7-8H2,(H,21,27)(H,22,23,24,25)/t12-/m1/s1. The van der Waals surface area contributed by atoms with Crippen molar-refractivity contribution in [1.29, 1.82) is 0 Å². The molecule has 0 aliphatic carbocycles. The first-order chi connectivity index (χ1) is 13.1. The number of piperidine rings is 1. The largest absolute Gasteiger partial charge is 0.354 e. The van der Waals surface area contributed by atoms with Crippen LogP contribution in [0.5, 0.6) is 0 Å². The van der Waals surface area contributed by atoms with Gasteiger partial charge in [-0.25, -0.2) is 15.0 Å². The molecule has 3 heterocycles. The zero-order chi connectivity index (χ0) is 18.8. The van der Waals surface area contributed by atoms with Crippen LogP contribution in [0.2, 0.25) is 10.0 Å². The van der Waals surface area contributed by atoms with Gasteiger partial charge in [-0.2, -0.15) is 0 Å². The normalized spacial score (nSPS) is 17.3. The van der Waals surface area contributed by atoms with Gasteiger partial charge in [0.1, 0.15) is 11.8 Å². The minimum absolute atomic E-state index is 0.0284. The smallest absolute Gasteiger partial charge is 0.225 e. The van der Waals surface area contributed by atoms with Crippen LogP contribution in [0.1, 0.15) is 18.4 Å². The van der Waals surface area contributed by atoms with Crippen molar-refractivity contribution < 1.29 is 4.79 Å². The molecule has 1 amide bonds. The Morgan fingerprint density at radius 1 is 1.26 bits per heavy atom. The number of fused-ring (bicyclic) bond motifs is 1. The van der Waals surface area contributed by atoms with Crippen LogP contribution in [0.15, 0.2) is 30.9 Å². The van der Waals surface area contributed by atoms with Gasteiger partial charge in [0.05, 0.1) is 22.3 Å². The molecule has 0 bridgehead atoms. The Bertz CT molecular complexity index is 975. The van der Waals surface area contributed by atoms with Crippen molar-refractivity contribution in [2.24, 2.45) is 5.92 Å². The van der Waals surface area contributed by atoms with E-state index in [1.807, 2.05) is 6.07 Å². The molecule has 1 aliphatic rings. The molecule has 27 heavy (non-hydrogen) atoms. The lowest BCUT2D eigenvalue weighted by Gasteiger charge is -2.32. The van der Waals surface area contributed by atoms with E-state index in [2.05, 4.69) is 30.2 Å². The molecule has 4 rings (SSSR count). The number of nitrogens with one attached hydrogen (secondary N) is 2. The number of hydrogen-bond donors (Lipinski definition) is 2. The van der Waals surface area contributed by atoms with Crippen molar-refractivity contribution in [3.63, 3.8) is 0 Å². The molecule has 140 valence electrons. The number of aromatic amines is 1. The predicted molar refractivity (Wildman–Crippen MR) is 105 cm³/mol. The maximum atomic E-state index is 12.7. The highest BCUT2D eigenvalue weighted by Gasteiger charge is 2.27. The molecule has 1 aliphatic heterocycles. The molecular formula is C18H18Cl2N6O. The van der Waals surface area contributed by atoms with Crippen molar-refractivity contribution in [3.8, 4) is 0 Å². The quantitative estimate of drug-likeness (QED) is 0.696. The van der Waals surface area contributed by atoms with Crippen molar-refractivity contribution in [2.45, 2.75) is 19.4 Å². The lowest BCUT2D eigenvalue weighted by atomic mass is 9.97. The second kappa shape index (κ2) is 7.70. The highest BCUT2D eigenvalue weighted by atomic mass is 35.5. The van der Waals surface area contributed by atoms with E-state index in [0.717, 1.165) is 36.3 Å². The van der Waals surface area contributed by atoms with Crippen LogP contribution in [-0.4, -0.2) is 38.9 Å². The first-order valence-electron chi connectivity index (χ1n) is 8.72. The van der Waals surface area contributed by atoms with E-state index >= 15 is 0 Å². The molecule has 2 aromatic heterocycles. The zero-order valence-electron chi connectivity index (χ0n) is 14.5. The molecule has 0 unspecified atom stereocenters. The number of H-pyrrole nitrogens is 1. The number of rotatable bonds is 4. The van der Waals surface area contributed by atoms with Gasteiger partial charge >= 0.3 is 0 Å². The SMILES string of the molecule is O=C(NCc1ccc(Cl)c(Cl)c1)[C@@H]1CCCN(c2ncnc3nc[nH]c23)C1. The van der Waals surface area contributed by atoms with Gasteiger partial charge in [0.2, 0.25) is 5.91 Å². The minimum atomic E-state index is -0.102. The fraction of sp³-hybridized carbons (Fsp3) is 0.333. The number of imidazole rings is 1. The maximum Gasteiger partial charge on any atom is 0.225 e. The number of carbonyl (C=O) groups is 1. The summed E-state index contributed by atoms with van der Waals surface area (Å²) in [6.07, 6.45) is 4.88. The number of carbonyl (C=O) groups excluding carboxylic acids is 1. The molecule has 0 saturated carbocycles. The molecule has 3 aromatic rings. The maximum absolute atomic E-state index is 12.7. The summed E-state index contributed by atoms with van der Waals surface area (Å²) in [6.45, 7) is 1.88. The fourth-order valence-corrected chi connectivity index (χ4v) is 3.68. The Labute approximate surface area is 166 Å². The van der Waals surface area contributed by atoms with Gasteiger partial charge in [-0.05, 0) is 30.5 Å². The topological polar surface area (TPSA) is 86.8 Å². The molecule has 1 atom stereocenters. The van der Waals surface area contributed by atoms with E-state index in [1.54, 1.807) is 18.5 Å². The predicted octanol–water partition coefficient (Wildman–Crippen LogP) is 3.19. The fourth-order valence-electron chi connectivity index (χ4n) is 3.36. The first kappa shape index (κ1) is 18.0. The summed E-state index contributed by atoms with van der Waals surface area (Å²) in [5, 5.41) is 3.99. The number of amides is 1. The van der Waals surface area contributed by atoms with Gasteiger partial charge in [0.25, 0.3) is 0 Å². The summed E-state index contributed by atoms with van der Waals surface area (Å²) < 4.78 is 0. The molecule has 1 saturated heterocycles. The molecule has 0 spiro atoms. The minimum Gasteiger partial charge on any atom is -0.354 e. The van der Waals surface area contributed by atoms with Crippen LogP contribution in [0.25, 0.3) is 11.2 Å². The van der Waals surface area contributed by atoms with Crippen LogP contribution in [0.3, 0.4) is 0 Å². The van der Waals surface area contributed by atoms with Crippen LogP contribution in [0, 0.1) is 5.92 Å². The number of nitrogens with zero attached hydrogens (tertiary/aromatic N) is 4. The molecule has 2 N–H and O–H groups in total. The van der Waals surface area contributed by atoms with Crippen molar-refractivity contribution in [2.75, 3.05) is 18.0 Å². The summed E-state index contributed by atoms with van der Waals surface area (Å²) in [4.78, 5) is 30.6. The summed E-state index contributed by atoms with van der Waals surface area (Å²) in [6, 6.07) is 5.36. The Balaban J connectivity index is 1.42. The molecule has 1 fully saturated rings. The molecule has 0 radical (unpaired) electrons. The number of aromatic nitrogens is 4. The summed E-state index contributed by atoms with van der Waals surface area (Å²) in [5.74, 6) is 0.717. The summed E-state index contributed by atoms with van der Waals surface area (Å²) in [5.41, 5.74) is 2.35. The molecule has 7 nitrogen and oxygen atoms in total. The van der Waals surface area contributed by atoms with Gasteiger partial charge in [-0.3, -0.25) is 4.79 Å². The molecule has 1 aromatic carbocycles. The third kappa shape index (κ3) is 3.84. The average molecular weight is 405 g/mol. The van der Waals surface area contributed by atoms with Crippen molar-refractivity contribution >= 4 is 46.1 Å². The molecular weight excluding hydrogens is 387 g/mol. The monoisotopic (exact) mass is 404 g/mol. The number of benzene rings is 1. The van der Waals surface area contributed by atoms with Crippen molar-refractivity contribution in [1.82, 2.24) is 25.3 Å². The lowest BCUT2D eigenvalue weighted by Crippen LogP contribution is -2.43. The van der Waals surface area contributed by atoms with Crippen molar-refractivity contribution in [3.05, 3.63) is 46.5 Å². The third-order valence-corrected chi connectivity index (χ3v) is 5.48. The van der Waals surface area contributed by atoms with Gasteiger partial charge in [-0.1, -0.05) is 29.3 Å². The highest BCUT2D eigenvalue weighted by molar-refractivity contribution is 6.42. The van der Waals surface area contributed by atoms with E-state index in [9.17, 15) is 4.79 Å². The number of halogens is 2. The second-order valence-corrected chi connectivity index (χ2v) is 7.36. The van der Waals surface area contributed by atoms with E-state index < -0.39 is 0 Å². The second-order valence-electron chi connectivity index (χ2n) is 6.55. The Morgan fingerprint density at radius 2 is 2.15 bits per heavy atom. The van der Waals surface area contributed by atoms with Gasteiger partial charge in [0.15, 0.2) is 11.5 Å². The number of hydrogen-bond acceptors (Lipinski definition) is 5. The third-order valence-electron chi connectivity index (χ3n) is 4.75. The summed E-state index contributed by atoms with van der Waals surface area (Å²) in [7, 11) is 0. The van der Waals surface area contributed by atoms with E-state index in [1.165, 1.54) is 6.33 Å². The van der Waals surface area contributed by atoms with Gasteiger partial charge in [0, 0.05) is 19.6 Å². The molecule has 9 heteroatoms. The van der Waals surface area contributed by atoms with Crippen LogP contribution in [-0.2, 0) is 11.3 Å². The first-order valence-corrected chi connectivity index (χ1v) is 9.48. The highest BCUT2D eigenvalue weighted by Crippen LogP contribution is 2.26. The summed E-state index contributed by atoms with van der Waals surface area (Å²) >= 11 is 12.0.